The van der Waals surface area contributed by atoms with Gasteiger partial charge in [0.25, 0.3) is 0 Å². The lowest BCUT2D eigenvalue weighted by atomic mass is 10.2. The molecule has 0 radical (unpaired) electrons. The summed E-state index contributed by atoms with van der Waals surface area (Å²) in [6, 6.07) is 12.2. The molecule has 0 aliphatic rings. The Bertz CT molecular complexity index is 235. The second-order valence-corrected chi connectivity index (χ2v) is 5.51. The number of hydrogen-bond acceptors (Lipinski definition) is 1. The van der Waals surface area contributed by atoms with Crippen LogP contribution in [-0.4, -0.2) is 27.3 Å². The van der Waals surface area contributed by atoms with Crippen LogP contribution in [0.15, 0.2) is 30.3 Å². The second kappa shape index (κ2) is 6.79. The fourth-order valence-electron chi connectivity index (χ4n) is 1.68. The van der Waals surface area contributed by atoms with Crippen LogP contribution in [0.1, 0.15) is 25.8 Å². The molecular formula is C12H21NSi. The summed E-state index contributed by atoms with van der Waals surface area (Å²) in [5, 5.41) is 0. The van der Waals surface area contributed by atoms with E-state index in [4.69, 9.17) is 0 Å². The summed E-state index contributed by atoms with van der Waals surface area (Å²) in [6.45, 7) is 7.05. The molecule has 1 aromatic rings. The van der Waals surface area contributed by atoms with Crippen molar-refractivity contribution in [2.24, 2.45) is 0 Å². The van der Waals surface area contributed by atoms with Gasteiger partial charge in [0.2, 0.25) is 0 Å². The molecule has 0 spiro atoms. The molecule has 0 aliphatic heterocycles. The molecule has 1 aromatic carbocycles. The Kier molecular flexibility index (Phi) is 5.57. The minimum atomic E-state index is -0.0507. The Balaban J connectivity index is 2.32. The summed E-state index contributed by atoms with van der Waals surface area (Å²) < 4.78 is 2.65. The molecule has 0 aliphatic carbocycles. The van der Waals surface area contributed by atoms with Crippen LogP contribution in [0.5, 0.6) is 0 Å². The molecule has 0 atom stereocenters. The molecule has 0 amide bonds. The van der Waals surface area contributed by atoms with Crippen molar-refractivity contribution in [3.63, 3.8) is 0 Å². The van der Waals surface area contributed by atoms with Gasteiger partial charge < -0.3 is 4.57 Å². The van der Waals surface area contributed by atoms with Gasteiger partial charge in [-0.2, -0.15) is 0 Å². The quantitative estimate of drug-likeness (QED) is 0.645. The largest absolute Gasteiger partial charge is 0.329 e. The Morgan fingerprint density at radius 2 is 1.86 bits per heavy atom. The van der Waals surface area contributed by atoms with Crippen LogP contribution < -0.4 is 0 Å². The average molecular weight is 207 g/mol. The van der Waals surface area contributed by atoms with Crippen molar-refractivity contribution in [2.45, 2.75) is 26.3 Å². The van der Waals surface area contributed by atoms with Gasteiger partial charge in [0.15, 0.2) is 0 Å². The average Bonchev–Trinajstić information content (AvgIpc) is 2.25. The lowest BCUT2D eigenvalue weighted by molar-refractivity contribution is 0.463. The summed E-state index contributed by atoms with van der Waals surface area (Å²) >= 11 is 0. The lowest BCUT2D eigenvalue weighted by Gasteiger charge is -2.18. The Morgan fingerprint density at radius 3 is 2.43 bits per heavy atom. The fourth-order valence-corrected chi connectivity index (χ4v) is 3.44. The monoisotopic (exact) mass is 207 g/mol. The SMILES string of the molecule is CCCN(CC)[SiH2]Cc1ccccc1. The molecule has 0 aromatic heterocycles. The highest BCUT2D eigenvalue weighted by Crippen LogP contribution is 2.00. The topological polar surface area (TPSA) is 3.24 Å². The highest BCUT2D eigenvalue weighted by atomic mass is 28.2. The van der Waals surface area contributed by atoms with E-state index in [-0.39, 0.29) is 9.68 Å². The van der Waals surface area contributed by atoms with Crippen LogP contribution in [0.4, 0.5) is 0 Å². The van der Waals surface area contributed by atoms with E-state index in [1.54, 1.807) is 0 Å². The predicted octanol–water partition coefficient (Wildman–Crippen LogP) is 2.00. The van der Waals surface area contributed by atoms with Crippen molar-refractivity contribution in [2.75, 3.05) is 13.1 Å². The van der Waals surface area contributed by atoms with Gasteiger partial charge in [0.1, 0.15) is 0 Å². The Hall–Kier alpha value is -0.603. The number of benzene rings is 1. The van der Waals surface area contributed by atoms with E-state index in [9.17, 15) is 0 Å². The molecule has 0 saturated heterocycles. The van der Waals surface area contributed by atoms with Gasteiger partial charge in [-0.1, -0.05) is 44.2 Å². The molecule has 78 valence electrons. The van der Waals surface area contributed by atoms with Gasteiger partial charge in [0, 0.05) is 0 Å². The predicted molar refractivity (Wildman–Crippen MR) is 66.2 cm³/mol. The molecule has 0 heterocycles. The summed E-state index contributed by atoms with van der Waals surface area (Å²) in [5.41, 5.74) is 1.51. The number of nitrogens with zero attached hydrogens (tertiary/aromatic N) is 1. The number of hydrogen-bond donors (Lipinski definition) is 0. The maximum absolute atomic E-state index is 2.65. The summed E-state index contributed by atoms with van der Waals surface area (Å²) in [6.07, 6.45) is 1.29. The van der Waals surface area contributed by atoms with E-state index in [0.29, 0.717) is 0 Å². The van der Waals surface area contributed by atoms with Gasteiger partial charge in [-0.3, -0.25) is 0 Å². The van der Waals surface area contributed by atoms with Crippen LogP contribution in [0, 0.1) is 0 Å². The first-order valence-electron chi connectivity index (χ1n) is 5.63. The molecule has 14 heavy (non-hydrogen) atoms. The van der Waals surface area contributed by atoms with Crippen molar-refractivity contribution >= 4 is 9.68 Å². The van der Waals surface area contributed by atoms with Crippen molar-refractivity contribution < 1.29 is 0 Å². The van der Waals surface area contributed by atoms with Crippen LogP contribution in [-0.2, 0) is 6.04 Å². The highest BCUT2D eigenvalue weighted by molar-refractivity contribution is 6.31. The van der Waals surface area contributed by atoms with Gasteiger partial charge in [-0.05, 0) is 31.1 Å². The zero-order valence-electron chi connectivity index (χ0n) is 9.37. The molecule has 0 unspecified atom stereocenters. The third-order valence-corrected chi connectivity index (χ3v) is 4.74. The minimum absolute atomic E-state index is 0.0507. The summed E-state index contributed by atoms with van der Waals surface area (Å²) in [5.74, 6) is 0. The first-order valence-corrected chi connectivity index (χ1v) is 7.26. The smallest absolute Gasteiger partial charge is 0.0993 e. The van der Waals surface area contributed by atoms with E-state index < -0.39 is 0 Å². The van der Waals surface area contributed by atoms with E-state index in [1.165, 1.54) is 31.1 Å². The summed E-state index contributed by atoms with van der Waals surface area (Å²) in [4.78, 5) is 0. The van der Waals surface area contributed by atoms with Gasteiger partial charge in [-0.25, -0.2) is 0 Å². The standard InChI is InChI=1S/C12H21NSi/c1-3-10-13(4-2)14-11-12-8-6-5-7-9-12/h5-9H,3-4,10-11,14H2,1-2H3. The normalized spacial score (nSPS) is 11.6. The molecule has 1 rings (SSSR count). The van der Waals surface area contributed by atoms with Crippen molar-refractivity contribution in [3.05, 3.63) is 35.9 Å². The molecule has 2 heteroatoms. The molecule has 0 fully saturated rings. The molecule has 0 bridgehead atoms. The van der Waals surface area contributed by atoms with E-state index in [1.807, 2.05) is 0 Å². The first-order chi connectivity index (χ1) is 6.86. The third kappa shape index (κ3) is 4.07. The second-order valence-electron chi connectivity index (χ2n) is 3.67. The van der Waals surface area contributed by atoms with Crippen LogP contribution >= 0.6 is 0 Å². The third-order valence-electron chi connectivity index (χ3n) is 2.55. The van der Waals surface area contributed by atoms with E-state index in [2.05, 4.69) is 48.7 Å². The Morgan fingerprint density at radius 1 is 1.14 bits per heavy atom. The fraction of sp³-hybridized carbons (Fsp3) is 0.500. The highest BCUT2D eigenvalue weighted by Gasteiger charge is 2.01. The van der Waals surface area contributed by atoms with Gasteiger partial charge in [-0.15, -0.1) is 0 Å². The number of rotatable bonds is 6. The minimum Gasteiger partial charge on any atom is -0.329 e. The Labute approximate surface area is 90.0 Å². The van der Waals surface area contributed by atoms with Crippen molar-refractivity contribution in [3.8, 4) is 0 Å². The zero-order valence-corrected chi connectivity index (χ0v) is 10.8. The molecule has 0 N–H and O–H groups in total. The lowest BCUT2D eigenvalue weighted by Crippen LogP contribution is -2.29. The first kappa shape index (κ1) is 11.5. The van der Waals surface area contributed by atoms with Crippen LogP contribution in [0.2, 0.25) is 0 Å². The maximum Gasteiger partial charge on any atom is 0.0993 e. The molecule has 0 saturated carbocycles. The molecular weight excluding hydrogens is 186 g/mol. The van der Waals surface area contributed by atoms with E-state index >= 15 is 0 Å². The van der Waals surface area contributed by atoms with Crippen molar-refractivity contribution in [1.82, 2.24) is 4.57 Å². The zero-order chi connectivity index (χ0) is 10.2. The van der Waals surface area contributed by atoms with E-state index in [0.717, 1.165) is 0 Å². The molecule has 1 nitrogen and oxygen atoms in total. The van der Waals surface area contributed by atoms with Crippen LogP contribution in [0.3, 0.4) is 0 Å². The summed E-state index contributed by atoms with van der Waals surface area (Å²) in [7, 11) is -0.0507. The van der Waals surface area contributed by atoms with Crippen LogP contribution in [0.25, 0.3) is 0 Å². The van der Waals surface area contributed by atoms with Gasteiger partial charge >= 0.3 is 0 Å². The van der Waals surface area contributed by atoms with Gasteiger partial charge in [0.05, 0.1) is 9.68 Å². The van der Waals surface area contributed by atoms with Crippen molar-refractivity contribution in [1.29, 1.82) is 0 Å². The maximum atomic E-state index is 2.65.